The summed E-state index contributed by atoms with van der Waals surface area (Å²) in [7, 11) is 1.73. The molecule has 2 N–H and O–H groups in total. The minimum absolute atomic E-state index is 0.178. The van der Waals surface area contributed by atoms with E-state index in [0.717, 1.165) is 37.5 Å². The van der Waals surface area contributed by atoms with Crippen LogP contribution in [0.3, 0.4) is 0 Å². The molecule has 0 aliphatic heterocycles. The molecule has 140 valence electrons. The number of nitrogens with one attached hydrogen (secondary N) is 2. The van der Waals surface area contributed by atoms with Crippen LogP contribution in [-0.4, -0.2) is 26.2 Å². The SMILES string of the molecule is CN=C(NCCCCOCc1ccccc1)NCc1ccc(C)c(F)c1. The molecule has 0 amide bonds. The van der Waals surface area contributed by atoms with Crippen LogP contribution < -0.4 is 10.6 Å². The topological polar surface area (TPSA) is 45.7 Å². The van der Waals surface area contributed by atoms with Crippen molar-refractivity contribution in [1.82, 2.24) is 10.6 Å². The fourth-order valence-electron chi connectivity index (χ4n) is 2.45. The highest BCUT2D eigenvalue weighted by Gasteiger charge is 2.01. The molecule has 0 heterocycles. The molecule has 0 fully saturated rings. The third kappa shape index (κ3) is 7.23. The van der Waals surface area contributed by atoms with Crippen molar-refractivity contribution in [2.45, 2.75) is 32.9 Å². The minimum atomic E-state index is -0.178. The maximum Gasteiger partial charge on any atom is 0.191 e. The van der Waals surface area contributed by atoms with Crippen LogP contribution in [0.1, 0.15) is 29.5 Å². The standard InChI is InChI=1S/C21H28FN3O/c1-17-10-11-19(14-20(17)22)15-25-21(23-2)24-12-6-7-13-26-16-18-8-4-3-5-9-18/h3-5,8-11,14H,6-7,12-13,15-16H2,1-2H3,(H2,23,24,25). The predicted octanol–water partition coefficient (Wildman–Crippen LogP) is 3.80. The molecule has 4 nitrogen and oxygen atoms in total. The van der Waals surface area contributed by atoms with Crippen LogP contribution in [0, 0.1) is 12.7 Å². The second-order valence-corrected chi connectivity index (χ2v) is 6.18. The first-order chi connectivity index (χ1) is 12.7. The highest BCUT2D eigenvalue weighted by molar-refractivity contribution is 5.79. The van der Waals surface area contributed by atoms with Crippen LogP contribution in [0.25, 0.3) is 0 Å². The second kappa shape index (κ2) is 11.3. The molecule has 2 aromatic carbocycles. The number of halogens is 1. The Hall–Kier alpha value is -2.40. The number of guanidine groups is 1. The maximum atomic E-state index is 13.6. The van der Waals surface area contributed by atoms with E-state index in [-0.39, 0.29) is 5.82 Å². The molecule has 0 spiro atoms. The van der Waals surface area contributed by atoms with Gasteiger partial charge in [-0.15, -0.1) is 0 Å². The van der Waals surface area contributed by atoms with E-state index in [9.17, 15) is 4.39 Å². The lowest BCUT2D eigenvalue weighted by atomic mass is 10.1. The number of hydrogen-bond donors (Lipinski definition) is 2. The smallest absolute Gasteiger partial charge is 0.191 e. The van der Waals surface area contributed by atoms with Crippen molar-refractivity contribution < 1.29 is 9.13 Å². The van der Waals surface area contributed by atoms with Crippen LogP contribution in [0.2, 0.25) is 0 Å². The van der Waals surface area contributed by atoms with Crippen LogP contribution in [0.4, 0.5) is 4.39 Å². The summed E-state index contributed by atoms with van der Waals surface area (Å²) in [6, 6.07) is 15.4. The van der Waals surface area contributed by atoms with E-state index in [0.29, 0.717) is 18.7 Å². The van der Waals surface area contributed by atoms with Crippen LogP contribution in [0.5, 0.6) is 0 Å². The molecular formula is C21H28FN3O. The first kappa shape index (κ1) is 19.9. The van der Waals surface area contributed by atoms with Crippen LogP contribution in [-0.2, 0) is 17.9 Å². The minimum Gasteiger partial charge on any atom is -0.377 e. The van der Waals surface area contributed by atoms with Gasteiger partial charge in [-0.1, -0.05) is 42.5 Å². The Balaban J connectivity index is 1.56. The molecule has 0 bridgehead atoms. The van der Waals surface area contributed by atoms with Gasteiger partial charge in [0.2, 0.25) is 0 Å². The number of hydrogen-bond acceptors (Lipinski definition) is 2. The Bertz CT molecular complexity index is 689. The van der Waals surface area contributed by atoms with Gasteiger partial charge in [-0.05, 0) is 42.5 Å². The maximum absolute atomic E-state index is 13.6. The normalized spacial score (nSPS) is 11.4. The van der Waals surface area contributed by atoms with Crippen molar-refractivity contribution in [3.63, 3.8) is 0 Å². The summed E-state index contributed by atoms with van der Waals surface area (Å²) in [5, 5.41) is 6.46. The van der Waals surface area contributed by atoms with Gasteiger partial charge in [-0.2, -0.15) is 0 Å². The van der Waals surface area contributed by atoms with E-state index in [1.54, 1.807) is 26.1 Å². The van der Waals surface area contributed by atoms with E-state index in [2.05, 4.69) is 27.8 Å². The Kier molecular flexibility index (Phi) is 8.63. The van der Waals surface area contributed by atoms with Gasteiger partial charge in [0.15, 0.2) is 5.96 Å². The molecule has 0 saturated heterocycles. The predicted molar refractivity (Wildman–Crippen MR) is 105 cm³/mol. The van der Waals surface area contributed by atoms with Crippen molar-refractivity contribution in [2.24, 2.45) is 4.99 Å². The molecule has 0 aliphatic rings. The molecule has 0 radical (unpaired) electrons. The number of benzene rings is 2. The average Bonchev–Trinajstić information content (AvgIpc) is 2.67. The fourth-order valence-corrected chi connectivity index (χ4v) is 2.45. The summed E-state index contributed by atoms with van der Waals surface area (Å²) in [6.45, 7) is 4.51. The number of unbranched alkanes of at least 4 members (excludes halogenated alkanes) is 1. The molecule has 0 unspecified atom stereocenters. The zero-order chi connectivity index (χ0) is 18.6. The molecule has 0 atom stereocenters. The van der Waals surface area contributed by atoms with E-state index in [1.807, 2.05) is 24.3 Å². The number of aliphatic imine (C=N–C) groups is 1. The Morgan fingerprint density at radius 3 is 2.58 bits per heavy atom. The molecule has 5 heteroatoms. The Labute approximate surface area is 155 Å². The van der Waals surface area contributed by atoms with Gasteiger partial charge < -0.3 is 15.4 Å². The van der Waals surface area contributed by atoms with Crippen molar-refractivity contribution >= 4 is 5.96 Å². The highest BCUT2D eigenvalue weighted by Crippen LogP contribution is 2.08. The summed E-state index contributed by atoms with van der Waals surface area (Å²) in [4.78, 5) is 4.19. The lowest BCUT2D eigenvalue weighted by molar-refractivity contribution is 0.117. The summed E-state index contributed by atoms with van der Waals surface area (Å²) in [5.74, 6) is 0.541. The number of aryl methyl sites for hydroxylation is 1. The number of ether oxygens (including phenoxy) is 1. The first-order valence-electron chi connectivity index (χ1n) is 9.00. The van der Waals surface area contributed by atoms with E-state index in [1.165, 1.54) is 5.56 Å². The largest absolute Gasteiger partial charge is 0.377 e. The van der Waals surface area contributed by atoms with E-state index < -0.39 is 0 Å². The molecule has 2 rings (SSSR count). The summed E-state index contributed by atoms with van der Waals surface area (Å²) in [5.41, 5.74) is 2.75. The van der Waals surface area contributed by atoms with Gasteiger partial charge in [0, 0.05) is 26.7 Å². The summed E-state index contributed by atoms with van der Waals surface area (Å²) in [6.07, 6.45) is 1.98. The third-order valence-electron chi connectivity index (χ3n) is 4.04. The van der Waals surface area contributed by atoms with Gasteiger partial charge >= 0.3 is 0 Å². The van der Waals surface area contributed by atoms with Crippen LogP contribution >= 0.6 is 0 Å². The Morgan fingerprint density at radius 2 is 1.85 bits per heavy atom. The first-order valence-corrected chi connectivity index (χ1v) is 9.00. The molecular weight excluding hydrogens is 329 g/mol. The van der Waals surface area contributed by atoms with Crippen molar-refractivity contribution in [1.29, 1.82) is 0 Å². The van der Waals surface area contributed by atoms with Gasteiger partial charge in [0.1, 0.15) is 5.82 Å². The van der Waals surface area contributed by atoms with Crippen molar-refractivity contribution in [3.8, 4) is 0 Å². The molecule has 26 heavy (non-hydrogen) atoms. The number of rotatable bonds is 9. The average molecular weight is 357 g/mol. The van der Waals surface area contributed by atoms with Gasteiger partial charge in [-0.25, -0.2) is 4.39 Å². The molecule has 0 aromatic heterocycles. The second-order valence-electron chi connectivity index (χ2n) is 6.18. The lowest BCUT2D eigenvalue weighted by Crippen LogP contribution is -2.37. The molecule has 0 aliphatic carbocycles. The molecule has 0 saturated carbocycles. The zero-order valence-electron chi connectivity index (χ0n) is 15.6. The quantitative estimate of drug-likeness (QED) is 0.408. The van der Waals surface area contributed by atoms with Crippen molar-refractivity contribution in [3.05, 3.63) is 71.0 Å². The summed E-state index contributed by atoms with van der Waals surface area (Å²) < 4.78 is 19.2. The van der Waals surface area contributed by atoms with Crippen LogP contribution in [0.15, 0.2) is 53.5 Å². The monoisotopic (exact) mass is 357 g/mol. The van der Waals surface area contributed by atoms with Gasteiger partial charge in [0.05, 0.1) is 6.61 Å². The fraction of sp³-hybridized carbons (Fsp3) is 0.381. The van der Waals surface area contributed by atoms with E-state index in [4.69, 9.17) is 4.74 Å². The lowest BCUT2D eigenvalue weighted by Gasteiger charge is -2.12. The van der Waals surface area contributed by atoms with Crippen molar-refractivity contribution in [2.75, 3.05) is 20.2 Å². The van der Waals surface area contributed by atoms with Gasteiger partial charge in [0.25, 0.3) is 0 Å². The van der Waals surface area contributed by atoms with Gasteiger partial charge in [-0.3, -0.25) is 4.99 Å². The zero-order valence-corrected chi connectivity index (χ0v) is 15.6. The third-order valence-corrected chi connectivity index (χ3v) is 4.04. The highest BCUT2D eigenvalue weighted by atomic mass is 19.1. The Morgan fingerprint density at radius 1 is 1.04 bits per heavy atom. The molecule has 2 aromatic rings. The van der Waals surface area contributed by atoms with E-state index >= 15 is 0 Å². The number of nitrogens with zero attached hydrogens (tertiary/aromatic N) is 1. The summed E-state index contributed by atoms with van der Waals surface area (Å²) >= 11 is 0.